The second-order valence-electron chi connectivity index (χ2n) is 10.1. The molecule has 0 atom stereocenters. The molecule has 0 aromatic heterocycles. The fraction of sp³-hybridized carbons (Fsp3) is 0.0556. The molecule has 5 aromatic rings. The van der Waals surface area contributed by atoms with Gasteiger partial charge in [-0.1, -0.05) is 140 Å². The minimum Gasteiger partial charge on any atom is -0.335 e. The summed E-state index contributed by atoms with van der Waals surface area (Å²) in [5.41, 5.74) is 0.826. The fourth-order valence-electron chi connectivity index (χ4n) is 5.78. The molecule has 41 heavy (non-hydrogen) atoms. The molecule has 1 aliphatic rings. The topological polar surface area (TPSA) is 32.7 Å². The molecule has 5 aromatic carbocycles. The van der Waals surface area contributed by atoms with Crippen molar-refractivity contribution in [3.8, 4) is 0 Å². The zero-order valence-electron chi connectivity index (χ0n) is 23.2. The first kappa shape index (κ1) is 27.0. The number of rotatable bonds is 6. The molecule has 0 radical (unpaired) electrons. The monoisotopic (exact) mass is 570 g/mol. The third kappa shape index (κ3) is 4.66. The molecular weight excluding hydrogens is 538 g/mol. The summed E-state index contributed by atoms with van der Waals surface area (Å²) in [7, 11) is -1.44. The van der Waals surface area contributed by atoms with Crippen LogP contribution in [0.25, 0.3) is 0 Å². The Labute approximate surface area is 242 Å². The third-order valence-electron chi connectivity index (χ3n) is 7.58. The number of benzene rings is 5. The zero-order valence-corrected chi connectivity index (χ0v) is 25.0. The molecule has 1 aliphatic heterocycles. The molecule has 3 nitrogen and oxygen atoms in total. The highest BCUT2D eigenvalue weighted by Gasteiger charge is 2.46. The van der Waals surface area contributed by atoms with Crippen LogP contribution < -0.4 is 21.2 Å². The van der Waals surface area contributed by atoms with Gasteiger partial charge in [0.1, 0.15) is 5.84 Å². The van der Waals surface area contributed by atoms with Gasteiger partial charge in [0.25, 0.3) is 0 Å². The second-order valence-corrected chi connectivity index (χ2v) is 16.7. The van der Waals surface area contributed by atoms with Crippen LogP contribution in [0.5, 0.6) is 0 Å². The predicted molar refractivity (Wildman–Crippen MR) is 179 cm³/mol. The summed E-state index contributed by atoms with van der Waals surface area (Å²) in [6, 6.07) is 51.2. The summed E-state index contributed by atoms with van der Waals surface area (Å²) < 4.78 is 16.5. The van der Waals surface area contributed by atoms with Crippen LogP contribution in [0.2, 0.25) is 0 Å². The summed E-state index contributed by atoms with van der Waals surface area (Å²) in [4.78, 5) is 7.36. The standard InChI is InChI=1S/C36H32N2OP2/c1-29-28-38(2)35(37-30-18-8-3-9-19-30)36(40(29,31-20-10-4-11-21-31)32-22-12-5-13-23-32)41(39,33-24-14-6-15-25-33)34-26-16-7-17-27-34/h3-28H,1-2H3. The summed E-state index contributed by atoms with van der Waals surface area (Å²) in [5.74, 6) is 0.735. The van der Waals surface area contributed by atoms with Crippen molar-refractivity contribution in [2.75, 3.05) is 7.05 Å². The molecule has 0 unspecified atom stereocenters. The van der Waals surface area contributed by atoms with Gasteiger partial charge in [0.15, 0.2) is 7.14 Å². The lowest BCUT2D eigenvalue weighted by atomic mass is 10.3. The summed E-state index contributed by atoms with van der Waals surface area (Å²) in [6.45, 7) is -0.439. The van der Waals surface area contributed by atoms with Crippen LogP contribution in [0.1, 0.15) is 6.92 Å². The number of hydrogen-bond donors (Lipinski definition) is 0. The molecule has 1 heterocycles. The summed E-state index contributed by atoms with van der Waals surface area (Å²) in [5, 5.41) is 6.02. The highest BCUT2D eigenvalue weighted by Crippen LogP contribution is 2.65. The molecule has 202 valence electrons. The number of para-hydroxylation sites is 1. The van der Waals surface area contributed by atoms with Crippen molar-refractivity contribution in [1.29, 1.82) is 0 Å². The van der Waals surface area contributed by atoms with Crippen molar-refractivity contribution in [2.24, 2.45) is 4.99 Å². The van der Waals surface area contributed by atoms with E-state index in [0.717, 1.165) is 37.8 Å². The van der Waals surface area contributed by atoms with E-state index >= 15 is 4.57 Å². The van der Waals surface area contributed by atoms with Gasteiger partial charge in [-0.3, -0.25) is 0 Å². The van der Waals surface area contributed by atoms with Gasteiger partial charge in [0, 0.05) is 23.9 Å². The molecule has 0 saturated heterocycles. The molecule has 0 spiro atoms. The van der Waals surface area contributed by atoms with Crippen molar-refractivity contribution < 1.29 is 4.57 Å². The Balaban J connectivity index is 1.91. The average molecular weight is 571 g/mol. The number of nitrogens with zero attached hydrogens (tertiary/aromatic N) is 2. The van der Waals surface area contributed by atoms with Crippen LogP contribution in [-0.4, -0.2) is 22.8 Å². The van der Waals surface area contributed by atoms with E-state index in [1.807, 2.05) is 110 Å². The van der Waals surface area contributed by atoms with Crippen molar-refractivity contribution in [3.05, 3.63) is 163 Å². The third-order valence-corrected chi connectivity index (χ3v) is 16.3. The van der Waals surface area contributed by atoms with Crippen LogP contribution >= 0.6 is 14.0 Å². The van der Waals surface area contributed by atoms with Gasteiger partial charge < -0.3 is 9.46 Å². The van der Waals surface area contributed by atoms with E-state index in [1.54, 1.807) is 0 Å². The van der Waals surface area contributed by atoms with Crippen molar-refractivity contribution >= 4 is 51.8 Å². The molecule has 0 bridgehead atoms. The molecular formula is C36H32N2OP2. The van der Waals surface area contributed by atoms with Gasteiger partial charge in [-0.15, -0.1) is 0 Å². The van der Waals surface area contributed by atoms with Gasteiger partial charge in [0.2, 0.25) is 0 Å². The van der Waals surface area contributed by atoms with Crippen molar-refractivity contribution in [1.82, 2.24) is 4.90 Å². The quantitative estimate of drug-likeness (QED) is 0.200. The van der Waals surface area contributed by atoms with Gasteiger partial charge in [0.05, 0.1) is 10.7 Å². The predicted octanol–water partition coefficient (Wildman–Crippen LogP) is 7.34. The lowest BCUT2D eigenvalue weighted by molar-refractivity contribution is 0.593. The normalized spacial score (nSPS) is 16.0. The Morgan fingerprint density at radius 2 is 0.976 bits per heavy atom. The Bertz CT molecular complexity index is 1730. The van der Waals surface area contributed by atoms with E-state index in [9.17, 15) is 0 Å². The van der Waals surface area contributed by atoms with E-state index in [4.69, 9.17) is 4.99 Å². The van der Waals surface area contributed by atoms with Crippen LogP contribution in [0.15, 0.2) is 168 Å². The largest absolute Gasteiger partial charge is 0.335 e. The zero-order chi connectivity index (χ0) is 28.3. The smallest absolute Gasteiger partial charge is 0.175 e. The maximum absolute atomic E-state index is 16.5. The van der Waals surface area contributed by atoms with E-state index < -0.39 is 14.0 Å². The summed E-state index contributed by atoms with van der Waals surface area (Å²) >= 11 is 0. The minimum atomic E-state index is -3.47. The van der Waals surface area contributed by atoms with E-state index in [-0.39, 0.29) is 0 Å². The molecule has 0 saturated carbocycles. The molecule has 0 amide bonds. The Hall–Kier alpha value is -4.16. The molecule has 6 rings (SSSR count). The van der Waals surface area contributed by atoms with Gasteiger partial charge in [-0.25, -0.2) is 4.99 Å². The second kappa shape index (κ2) is 11.4. The van der Waals surface area contributed by atoms with Crippen LogP contribution in [-0.2, 0) is 4.57 Å². The number of hydrogen-bond acceptors (Lipinski definition) is 2. The number of allylic oxidation sites excluding steroid dienone is 1. The van der Waals surface area contributed by atoms with Crippen molar-refractivity contribution in [3.63, 3.8) is 0 Å². The van der Waals surface area contributed by atoms with Gasteiger partial charge in [-0.2, -0.15) is 0 Å². The van der Waals surface area contributed by atoms with Crippen LogP contribution in [0.4, 0.5) is 5.69 Å². The summed E-state index contributed by atoms with van der Waals surface area (Å²) in [6.07, 6.45) is 2.19. The van der Waals surface area contributed by atoms with Crippen LogP contribution in [0.3, 0.4) is 0 Å². The average Bonchev–Trinajstić information content (AvgIpc) is 3.04. The Morgan fingerprint density at radius 1 is 0.585 bits per heavy atom. The van der Waals surface area contributed by atoms with E-state index in [2.05, 4.69) is 66.6 Å². The lowest BCUT2D eigenvalue weighted by Crippen LogP contribution is -2.42. The minimum absolute atomic E-state index is 0.735. The first-order chi connectivity index (χ1) is 20.1. The Morgan fingerprint density at radius 3 is 1.41 bits per heavy atom. The van der Waals surface area contributed by atoms with Crippen molar-refractivity contribution in [2.45, 2.75) is 6.92 Å². The fourth-order valence-corrected chi connectivity index (χ4v) is 15.8. The maximum atomic E-state index is 16.5. The highest BCUT2D eigenvalue weighted by atomic mass is 31.2. The number of amidine groups is 1. The molecule has 0 fully saturated rings. The Kier molecular flexibility index (Phi) is 7.50. The maximum Gasteiger partial charge on any atom is 0.175 e. The molecule has 0 aliphatic carbocycles. The molecule has 0 N–H and O–H groups in total. The highest BCUT2D eigenvalue weighted by molar-refractivity contribution is 8.13. The van der Waals surface area contributed by atoms with Crippen LogP contribution in [0, 0.1) is 0 Å². The van der Waals surface area contributed by atoms with E-state index in [1.165, 1.54) is 5.31 Å². The molecule has 5 heteroatoms. The first-order valence-corrected chi connectivity index (χ1v) is 17.2. The number of aliphatic imine (C=N–C) groups is 1. The SMILES string of the molecule is CC1=CN(C)C(=Nc2ccccc2)C(P(=O)(c2ccccc2)c2ccccc2)=P1(c1ccccc1)c1ccccc1. The first-order valence-electron chi connectivity index (χ1n) is 13.7. The van der Waals surface area contributed by atoms with Gasteiger partial charge in [-0.05, 0) is 41.9 Å². The van der Waals surface area contributed by atoms with E-state index in [0.29, 0.717) is 0 Å². The van der Waals surface area contributed by atoms with Gasteiger partial charge >= 0.3 is 0 Å². The lowest BCUT2D eigenvalue weighted by Gasteiger charge is -2.42.